The number of carbonyl (C=O) groups excluding carboxylic acids is 1. The van der Waals surface area contributed by atoms with Gasteiger partial charge >= 0.3 is 5.97 Å². The molecule has 5 rings (SSSR count). The highest BCUT2D eigenvalue weighted by Gasteiger charge is 2.31. The van der Waals surface area contributed by atoms with Crippen LogP contribution in [0.2, 0.25) is 0 Å². The van der Waals surface area contributed by atoms with Crippen molar-refractivity contribution in [3.8, 4) is 22.1 Å². The Bertz CT molecular complexity index is 1030. The van der Waals surface area contributed by atoms with E-state index in [0.717, 1.165) is 52.8 Å². The first-order chi connectivity index (χ1) is 16.2. The van der Waals surface area contributed by atoms with Crippen LogP contribution in [0.1, 0.15) is 44.9 Å². The van der Waals surface area contributed by atoms with Crippen molar-refractivity contribution >= 4 is 23.1 Å². The van der Waals surface area contributed by atoms with E-state index in [4.69, 9.17) is 9.72 Å². The molecular weight excluding hydrogens is 434 g/mol. The number of piperidine rings is 1. The molecule has 0 atom stereocenters. The first kappa shape index (κ1) is 22.1. The summed E-state index contributed by atoms with van der Waals surface area (Å²) in [5, 5.41) is 10.6. The number of H-pyrrole nitrogens is 1. The number of rotatable bonds is 6. The van der Waals surface area contributed by atoms with Crippen LogP contribution >= 0.6 is 11.3 Å². The van der Waals surface area contributed by atoms with E-state index in [0.29, 0.717) is 12.3 Å². The minimum atomic E-state index is -0.0588. The van der Waals surface area contributed by atoms with Crippen LogP contribution in [0.15, 0.2) is 35.8 Å². The molecule has 0 bridgehead atoms. The van der Waals surface area contributed by atoms with Gasteiger partial charge in [0.25, 0.3) is 0 Å². The quantitative estimate of drug-likeness (QED) is 0.505. The fraction of sp³-hybridized carbons (Fsp3) is 0.520. The average molecular weight is 466 g/mol. The predicted octanol–water partition coefficient (Wildman–Crippen LogP) is 5.18. The summed E-state index contributed by atoms with van der Waals surface area (Å²) in [5.41, 5.74) is 0.952. The molecule has 33 heavy (non-hydrogen) atoms. The predicted molar refractivity (Wildman–Crippen MR) is 130 cm³/mol. The van der Waals surface area contributed by atoms with E-state index in [2.05, 4.69) is 32.2 Å². The maximum absolute atomic E-state index is 11.5. The second-order valence-electron chi connectivity index (χ2n) is 9.29. The second kappa shape index (κ2) is 10.0. The molecule has 3 aromatic heterocycles. The number of aromatic nitrogens is 4. The van der Waals surface area contributed by atoms with Crippen LogP contribution in [0.25, 0.3) is 22.1 Å². The van der Waals surface area contributed by atoms with Gasteiger partial charge in [-0.15, -0.1) is 21.5 Å². The van der Waals surface area contributed by atoms with Crippen molar-refractivity contribution < 1.29 is 9.53 Å². The van der Waals surface area contributed by atoms with Crippen molar-refractivity contribution in [2.24, 2.45) is 17.8 Å². The standard InChI is InChI=1S/C25H31N5O2S/c1-32-23(31)15-17-4-6-18(7-5-17)19-10-12-30(13-11-19)22-9-8-20(16-26-22)24-27-25(29-28-24)21-3-2-14-33-21/h2-3,8-9,14,16-19H,4-7,10-13,15H2,1H3,(H,27,28,29)/t17-,18+. The molecule has 2 aliphatic rings. The number of thiophene rings is 1. The highest BCUT2D eigenvalue weighted by molar-refractivity contribution is 7.13. The van der Waals surface area contributed by atoms with Crippen LogP contribution in [0.4, 0.5) is 5.82 Å². The van der Waals surface area contributed by atoms with Gasteiger partial charge in [-0.3, -0.25) is 4.79 Å². The molecule has 1 aliphatic heterocycles. The largest absolute Gasteiger partial charge is 0.469 e. The normalized spacial score (nSPS) is 21.8. The van der Waals surface area contributed by atoms with Gasteiger partial charge in [0.2, 0.25) is 0 Å². The Hall–Kier alpha value is -2.74. The number of nitrogens with one attached hydrogen (secondary N) is 1. The van der Waals surface area contributed by atoms with Crippen molar-refractivity contribution in [3.05, 3.63) is 35.8 Å². The summed E-state index contributed by atoms with van der Waals surface area (Å²) in [5.74, 6) is 4.64. The average Bonchev–Trinajstić information content (AvgIpc) is 3.57. The third-order valence-corrected chi connectivity index (χ3v) is 8.24. The summed E-state index contributed by atoms with van der Waals surface area (Å²) in [6.07, 6.45) is 9.77. The number of nitrogens with zero attached hydrogens (tertiary/aromatic N) is 4. The lowest BCUT2D eigenvalue weighted by atomic mass is 9.72. The number of carbonyl (C=O) groups is 1. The lowest BCUT2D eigenvalue weighted by Crippen LogP contribution is -2.37. The Morgan fingerprint density at radius 1 is 1.06 bits per heavy atom. The Morgan fingerprint density at radius 3 is 2.48 bits per heavy atom. The summed E-state index contributed by atoms with van der Waals surface area (Å²) < 4.78 is 4.84. The molecule has 0 amide bonds. The van der Waals surface area contributed by atoms with Gasteiger partial charge < -0.3 is 14.6 Å². The molecule has 1 saturated carbocycles. The zero-order valence-corrected chi connectivity index (χ0v) is 19.9. The van der Waals surface area contributed by atoms with Crippen molar-refractivity contribution in [2.45, 2.75) is 44.9 Å². The van der Waals surface area contributed by atoms with Crippen molar-refractivity contribution in [2.75, 3.05) is 25.1 Å². The van der Waals surface area contributed by atoms with Crippen LogP contribution in [-0.4, -0.2) is 46.3 Å². The second-order valence-corrected chi connectivity index (χ2v) is 10.2. The smallest absolute Gasteiger partial charge is 0.305 e. The highest BCUT2D eigenvalue weighted by atomic mass is 32.1. The molecular formula is C25H31N5O2S. The summed E-state index contributed by atoms with van der Waals surface area (Å²) in [6.45, 7) is 2.12. The van der Waals surface area contributed by atoms with E-state index in [-0.39, 0.29) is 5.97 Å². The number of pyridine rings is 1. The molecule has 0 unspecified atom stereocenters. The summed E-state index contributed by atoms with van der Waals surface area (Å²) in [6, 6.07) is 8.22. The zero-order valence-electron chi connectivity index (χ0n) is 19.1. The molecule has 174 valence electrons. The highest BCUT2D eigenvalue weighted by Crippen LogP contribution is 2.39. The van der Waals surface area contributed by atoms with E-state index >= 15 is 0 Å². The minimum absolute atomic E-state index is 0.0588. The third-order valence-electron chi connectivity index (χ3n) is 7.37. The molecule has 3 aromatic rings. The third kappa shape index (κ3) is 5.11. The van der Waals surface area contributed by atoms with Gasteiger partial charge in [0.05, 0.1) is 12.0 Å². The van der Waals surface area contributed by atoms with Crippen LogP contribution < -0.4 is 4.90 Å². The number of hydrogen-bond donors (Lipinski definition) is 1. The van der Waals surface area contributed by atoms with Gasteiger partial charge in [-0.05, 0) is 79.9 Å². The van der Waals surface area contributed by atoms with E-state index in [9.17, 15) is 4.79 Å². The minimum Gasteiger partial charge on any atom is -0.469 e. The molecule has 4 heterocycles. The number of ether oxygens (including phenoxy) is 1. The number of hydrogen-bond acceptors (Lipinski definition) is 7. The fourth-order valence-electron chi connectivity index (χ4n) is 5.41. The van der Waals surface area contributed by atoms with E-state index in [1.165, 1.54) is 45.6 Å². The van der Waals surface area contributed by atoms with E-state index in [1.807, 2.05) is 23.7 Å². The number of aromatic amines is 1. The summed E-state index contributed by atoms with van der Waals surface area (Å²) >= 11 is 1.64. The number of methoxy groups -OCH3 is 1. The molecule has 1 aliphatic carbocycles. The fourth-order valence-corrected chi connectivity index (χ4v) is 6.08. The molecule has 1 N–H and O–H groups in total. The van der Waals surface area contributed by atoms with Crippen LogP contribution in [0.3, 0.4) is 0 Å². The maximum Gasteiger partial charge on any atom is 0.305 e. The molecule has 1 saturated heterocycles. The first-order valence-corrected chi connectivity index (χ1v) is 12.8. The Kier molecular flexibility index (Phi) is 6.71. The molecule has 8 heteroatoms. The van der Waals surface area contributed by atoms with Crippen molar-refractivity contribution in [1.82, 2.24) is 20.2 Å². The Balaban J connectivity index is 1.12. The van der Waals surface area contributed by atoms with Gasteiger partial charge in [-0.2, -0.15) is 0 Å². The Morgan fingerprint density at radius 2 is 1.82 bits per heavy atom. The van der Waals surface area contributed by atoms with Gasteiger partial charge in [-0.25, -0.2) is 4.98 Å². The van der Waals surface area contributed by atoms with Crippen molar-refractivity contribution in [3.63, 3.8) is 0 Å². The lowest BCUT2D eigenvalue weighted by molar-refractivity contribution is -0.142. The topological polar surface area (TPSA) is 84.0 Å². The van der Waals surface area contributed by atoms with E-state index in [1.54, 1.807) is 11.3 Å². The van der Waals surface area contributed by atoms with Gasteiger partial charge in [-0.1, -0.05) is 6.07 Å². The van der Waals surface area contributed by atoms with Crippen LogP contribution in [0, 0.1) is 17.8 Å². The molecule has 0 aromatic carbocycles. The molecule has 2 fully saturated rings. The van der Waals surface area contributed by atoms with Crippen LogP contribution in [-0.2, 0) is 9.53 Å². The SMILES string of the molecule is COC(=O)C[C@H]1CC[C@@H](C2CCN(c3ccc(-c4nnc(-c5cccs5)[nH]4)cn3)CC2)CC1. The summed E-state index contributed by atoms with van der Waals surface area (Å²) in [7, 11) is 1.49. The molecule has 0 radical (unpaired) electrons. The zero-order chi connectivity index (χ0) is 22.6. The molecule has 0 spiro atoms. The van der Waals surface area contributed by atoms with Gasteiger partial charge in [0, 0.05) is 31.3 Å². The first-order valence-electron chi connectivity index (χ1n) is 11.9. The van der Waals surface area contributed by atoms with Gasteiger partial charge in [0.15, 0.2) is 11.6 Å². The van der Waals surface area contributed by atoms with Crippen molar-refractivity contribution in [1.29, 1.82) is 0 Å². The number of anilines is 1. The summed E-state index contributed by atoms with van der Waals surface area (Å²) in [4.78, 5) is 23.1. The number of esters is 1. The van der Waals surface area contributed by atoms with Gasteiger partial charge in [0.1, 0.15) is 5.82 Å². The molecule has 7 nitrogen and oxygen atoms in total. The van der Waals surface area contributed by atoms with Crippen LogP contribution in [0.5, 0.6) is 0 Å². The Labute approximate surface area is 198 Å². The maximum atomic E-state index is 11.5. The monoisotopic (exact) mass is 465 g/mol. The lowest BCUT2D eigenvalue weighted by Gasteiger charge is -2.39. The van der Waals surface area contributed by atoms with E-state index < -0.39 is 0 Å².